The standard InChI is InChI=1S/C76H62N4/c1-47(2)67-44-73(79(69-40-58(26-20-49(69)5)54-16-12-10-13-17-54)71-42-60(28-22-51(71)7)56-30-24-53(46-77)25-31-56)65-38-36-64-68(48(3)4)45-74(66-39-37-63(67)75(65)76(64)66)80(70-41-59(27-21-50(70)6)55-18-14-11-15-19-55)72-43-61(29-23-52(72)8)57-32-34-62(78-9)35-33-57/h10-45,47-48H,1-8H3. The molecular weight excluding hydrogens is 969 g/mol. The van der Waals surface area contributed by atoms with Gasteiger partial charge in [-0.15, -0.1) is 0 Å². The number of nitrogens with zero attached hydrogens (tertiary/aromatic N) is 4. The number of hydrogen-bond acceptors (Lipinski definition) is 3. The molecule has 0 heterocycles. The average molecular weight is 1030 g/mol. The van der Waals surface area contributed by atoms with Crippen molar-refractivity contribution in [3.63, 3.8) is 0 Å². The molecule has 0 bridgehead atoms. The second kappa shape index (κ2) is 20.9. The maximum atomic E-state index is 9.74. The molecule has 0 aliphatic rings. The van der Waals surface area contributed by atoms with E-state index in [1.807, 2.05) is 24.3 Å². The Morgan fingerprint density at radius 3 is 0.988 bits per heavy atom. The zero-order valence-electron chi connectivity index (χ0n) is 46.7. The lowest BCUT2D eigenvalue weighted by molar-refractivity contribution is 0.875. The minimum absolute atomic E-state index is 0.196. The third kappa shape index (κ3) is 9.10. The summed E-state index contributed by atoms with van der Waals surface area (Å²) in [5, 5.41) is 17.1. The van der Waals surface area contributed by atoms with E-state index in [-0.39, 0.29) is 11.8 Å². The molecule has 386 valence electrons. The van der Waals surface area contributed by atoms with Crippen LogP contribution in [-0.4, -0.2) is 0 Å². The highest BCUT2D eigenvalue weighted by Gasteiger charge is 2.29. The van der Waals surface area contributed by atoms with Crippen molar-refractivity contribution in [3.05, 3.63) is 269 Å². The van der Waals surface area contributed by atoms with Crippen molar-refractivity contribution in [2.45, 2.75) is 67.2 Å². The van der Waals surface area contributed by atoms with Crippen LogP contribution in [-0.2, 0) is 0 Å². The van der Waals surface area contributed by atoms with Gasteiger partial charge in [-0.1, -0.05) is 198 Å². The highest BCUT2D eigenvalue weighted by Crippen LogP contribution is 2.53. The first-order valence-corrected chi connectivity index (χ1v) is 27.8. The molecule has 0 aliphatic carbocycles. The lowest BCUT2D eigenvalue weighted by Crippen LogP contribution is -2.15. The van der Waals surface area contributed by atoms with Gasteiger partial charge >= 0.3 is 0 Å². The van der Waals surface area contributed by atoms with E-state index in [1.165, 1.54) is 49.0 Å². The third-order valence-electron chi connectivity index (χ3n) is 16.3. The predicted molar refractivity (Wildman–Crippen MR) is 339 cm³/mol. The summed E-state index contributed by atoms with van der Waals surface area (Å²) in [5.74, 6) is 0.392. The van der Waals surface area contributed by atoms with E-state index in [0.29, 0.717) is 11.3 Å². The molecule has 4 heteroatoms. The van der Waals surface area contributed by atoms with Gasteiger partial charge in [0.25, 0.3) is 0 Å². The minimum atomic E-state index is 0.196. The molecule has 80 heavy (non-hydrogen) atoms. The highest BCUT2D eigenvalue weighted by atomic mass is 15.2. The normalized spacial score (nSPS) is 11.4. The Kier molecular flexibility index (Phi) is 13.3. The summed E-state index contributed by atoms with van der Waals surface area (Å²) in [4.78, 5) is 8.79. The second-order valence-electron chi connectivity index (χ2n) is 22.1. The van der Waals surface area contributed by atoms with Crippen LogP contribution in [0.4, 0.5) is 39.8 Å². The first-order valence-electron chi connectivity index (χ1n) is 27.8. The van der Waals surface area contributed by atoms with Crippen molar-refractivity contribution in [3.8, 4) is 50.6 Å². The van der Waals surface area contributed by atoms with Gasteiger partial charge in [-0.2, -0.15) is 5.26 Å². The van der Waals surface area contributed by atoms with Crippen LogP contribution in [0.15, 0.2) is 218 Å². The fourth-order valence-corrected chi connectivity index (χ4v) is 12.0. The summed E-state index contributed by atoms with van der Waals surface area (Å²) in [6, 6.07) is 81.5. The summed E-state index contributed by atoms with van der Waals surface area (Å²) < 4.78 is 0. The molecule has 12 rings (SSSR count). The van der Waals surface area contributed by atoms with Gasteiger partial charge in [-0.25, -0.2) is 4.85 Å². The zero-order valence-corrected chi connectivity index (χ0v) is 46.7. The van der Waals surface area contributed by atoms with Crippen molar-refractivity contribution in [2.24, 2.45) is 0 Å². The van der Waals surface area contributed by atoms with E-state index in [0.717, 1.165) is 95.3 Å². The molecule has 0 saturated carbocycles. The van der Waals surface area contributed by atoms with Crippen LogP contribution in [0.3, 0.4) is 0 Å². The van der Waals surface area contributed by atoms with E-state index in [9.17, 15) is 5.26 Å². The third-order valence-corrected chi connectivity index (χ3v) is 16.3. The van der Waals surface area contributed by atoms with Crippen LogP contribution in [0.5, 0.6) is 0 Å². The lowest BCUT2D eigenvalue weighted by Gasteiger charge is -2.34. The highest BCUT2D eigenvalue weighted by molar-refractivity contribution is 6.29. The molecule has 0 spiro atoms. The number of rotatable bonds is 12. The molecule has 0 saturated heterocycles. The Bertz CT molecular complexity index is 4120. The average Bonchev–Trinajstić information content (AvgIpc) is 3.65. The Balaban J connectivity index is 1.19. The first kappa shape index (κ1) is 51.0. The molecule has 12 aromatic rings. The van der Waals surface area contributed by atoms with Crippen molar-refractivity contribution < 1.29 is 0 Å². The number of nitriles is 1. The number of benzene rings is 12. The largest absolute Gasteiger partial charge is 0.309 e. The summed E-state index contributed by atoms with van der Waals surface area (Å²) >= 11 is 0. The lowest BCUT2D eigenvalue weighted by atomic mass is 9.83. The minimum Gasteiger partial charge on any atom is -0.309 e. The number of anilines is 6. The molecule has 0 aliphatic heterocycles. The van der Waals surface area contributed by atoms with E-state index >= 15 is 0 Å². The van der Waals surface area contributed by atoms with Crippen molar-refractivity contribution in [2.75, 3.05) is 9.80 Å². The summed E-state index contributed by atoms with van der Waals surface area (Å²) in [6.07, 6.45) is 0. The van der Waals surface area contributed by atoms with E-state index in [1.54, 1.807) is 0 Å². The van der Waals surface area contributed by atoms with Gasteiger partial charge in [0.1, 0.15) is 0 Å². The molecule has 12 aromatic carbocycles. The van der Waals surface area contributed by atoms with Crippen LogP contribution in [0.2, 0.25) is 0 Å². The Hall–Kier alpha value is -9.74. The second-order valence-corrected chi connectivity index (χ2v) is 22.1. The summed E-state index contributed by atoms with van der Waals surface area (Å²) in [5.41, 5.74) is 24.0. The quantitative estimate of drug-likeness (QED) is 0.0903. The molecule has 0 amide bonds. The molecule has 0 radical (unpaired) electrons. The molecule has 0 unspecified atom stereocenters. The Morgan fingerprint density at radius 2 is 0.662 bits per heavy atom. The molecule has 0 N–H and O–H groups in total. The fraction of sp³-hybridized carbons (Fsp3) is 0.132. The van der Waals surface area contributed by atoms with Gasteiger partial charge in [-0.3, -0.25) is 0 Å². The smallest absolute Gasteiger partial charge is 0.187 e. The van der Waals surface area contributed by atoms with Crippen molar-refractivity contribution >= 4 is 72.1 Å². The van der Waals surface area contributed by atoms with Crippen LogP contribution in [0.25, 0.3) is 81.7 Å². The maximum absolute atomic E-state index is 9.74. The zero-order chi connectivity index (χ0) is 55.3. The Labute approximate surface area is 471 Å². The van der Waals surface area contributed by atoms with Crippen molar-refractivity contribution in [1.29, 1.82) is 5.26 Å². The molecule has 0 aromatic heterocycles. The molecular formula is C76H62N4. The van der Waals surface area contributed by atoms with Gasteiger partial charge in [-0.05, 0) is 187 Å². The monoisotopic (exact) mass is 1030 g/mol. The number of aryl methyl sites for hydroxylation is 4. The topological polar surface area (TPSA) is 34.6 Å². The maximum Gasteiger partial charge on any atom is 0.187 e. The van der Waals surface area contributed by atoms with Gasteiger partial charge in [0.2, 0.25) is 0 Å². The van der Waals surface area contributed by atoms with Crippen LogP contribution in [0, 0.1) is 45.6 Å². The molecule has 4 nitrogen and oxygen atoms in total. The van der Waals surface area contributed by atoms with Gasteiger partial charge in [0, 0.05) is 33.5 Å². The summed E-state index contributed by atoms with van der Waals surface area (Å²) in [6.45, 7) is 25.9. The molecule has 0 fully saturated rings. The SMILES string of the molecule is [C-]#[N+]c1ccc(-c2ccc(C)c(N(c3cc(-c4ccccc4)ccc3C)c3cc(C(C)C)c4ccc5c(N(c6cc(-c7ccccc7)ccc6C)c6cc(-c7ccc(C#N)cc7)ccc6C)cc(C(C)C)c6ccc3c4c65)c2)cc1. The fourth-order valence-electron chi connectivity index (χ4n) is 12.0. The van der Waals surface area contributed by atoms with Gasteiger partial charge < -0.3 is 9.80 Å². The van der Waals surface area contributed by atoms with Crippen LogP contribution in [0.1, 0.15) is 78.5 Å². The van der Waals surface area contributed by atoms with Gasteiger partial charge in [0.05, 0.1) is 29.6 Å². The van der Waals surface area contributed by atoms with Crippen molar-refractivity contribution in [1.82, 2.24) is 0 Å². The van der Waals surface area contributed by atoms with E-state index < -0.39 is 0 Å². The molecule has 0 atom stereocenters. The Morgan fingerprint density at radius 1 is 0.350 bits per heavy atom. The van der Waals surface area contributed by atoms with Gasteiger partial charge in [0.15, 0.2) is 5.69 Å². The number of hydrogen-bond donors (Lipinski definition) is 0. The van der Waals surface area contributed by atoms with Crippen LogP contribution < -0.4 is 9.80 Å². The van der Waals surface area contributed by atoms with Crippen LogP contribution >= 0.6 is 0 Å². The predicted octanol–water partition coefficient (Wildman–Crippen LogP) is 22.1. The summed E-state index contributed by atoms with van der Waals surface area (Å²) in [7, 11) is 0. The first-order chi connectivity index (χ1) is 38.9. The van der Waals surface area contributed by atoms with E-state index in [2.05, 4.69) is 270 Å². The van der Waals surface area contributed by atoms with E-state index in [4.69, 9.17) is 6.57 Å².